The molecule has 2 aromatic carbocycles. The summed E-state index contributed by atoms with van der Waals surface area (Å²) in [6, 6.07) is 14.9. The highest BCUT2D eigenvalue weighted by molar-refractivity contribution is 7.87. The van der Waals surface area contributed by atoms with E-state index >= 15 is 0 Å². The van der Waals surface area contributed by atoms with E-state index < -0.39 is 28.5 Å². The first-order valence-electron chi connectivity index (χ1n) is 14.6. The van der Waals surface area contributed by atoms with Crippen molar-refractivity contribution in [3.05, 3.63) is 88.4 Å². The van der Waals surface area contributed by atoms with Crippen LogP contribution >= 0.6 is 11.6 Å². The van der Waals surface area contributed by atoms with Crippen LogP contribution in [0.2, 0.25) is 0 Å². The number of allylic oxidation sites excluding steroid dienone is 3. The van der Waals surface area contributed by atoms with E-state index in [1.165, 1.54) is 23.5 Å². The van der Waals surface area contributed by atoms with Crippen molar-refractivity contribution in [2.24, 2.45) is 18.9 Å². The third kappa shape index (κ3) is 6.05. The van der Waals surface area contributed by atoms with Gasteiger partial charge in [-0.15, -0.1) is 0 Å². The predicted molar refractivity (Wildman–Crippen MR) is 164 cm³/mol. The molecule has 240 valence electrons. The Morgan fingerprint density at radius 1 is 1.04 bits per heavy atom. The number of alkyl halides is 3. The van der Waals surface area contributed by atoms with Crippen LogP contribution in [0.3, 0.4) is 0 Å². The molecule has 3 unspecified atom stereocenters. The van der Waals surface area contributed by atoms with E-state index in [2.05, 4.69) is 5.10 Å². The lowest BCUT2D eigenvalue weighted by Crippen LogP contribution is -2.53. The van der Waals surface area contributed by atoms with Crippen molar-refractivity contribution in [3.8, 4) is 17.0 Å². The largest absolute Gasteiger partial charge is 0.497 e. The maximum absolute atomic E-state index is 13.9. The maximum Gasteiger partial charge on any atom is 0.402 e. The number of ether oxygens (including phenoxy) is 1. The fourth-order valence-electron chi connectivity index (χ4n) is 7.25. The number of benzene rings is 2. The smallest absolute Gasteiger partial charge is 0.402 e. The first-order chi connectivity index (χ1) is 21.3. The molecule has 0 radical (unpaired) electrons. The quantitative estimate of drug-likeness (QED) is 0.257. The number of hydrogen-bond donors (Lipinski definition) is 0. The summed E-state index contributed by atoms with van der Waals surface area (Å²) in [5.74, 6) is -0.242. The zero-order chi connectivity index (χ0) is 32.1. The lowest BCUT2D eigenvalue weighted by Gasteiger charge is -2.41. The number of aryl methyl sites for hydroxylation is 1. The summed E-state index contributed by atoms with van der Waals surface area (Å²) in [5.41, 5.74) is 2.67. The Kier molecular flexibility index (Phi) is 8.38. The molecule has 0 N–H and O–H groups in total. The number of methoxy groups -OCH3 is 1. The van der Waals surface area contributed by atoms with Gasteiger partial charge in [-0.1, -0.05) is 29.8 Å². The van der Waals surface area contributed by atoms with Gasteiger partial charge in [-0.05, 0) is 103 Å². The lowest BCUT2D eigenvalue weighted by atomic mass is 9.78. The van der Waals surface area contributed by atoms with Gasteiger partial charge < -0.3 is 4.74 Å². The van der Waals surface area contributed by atoms with Crippen LogP contribution in [-0.2, 0) is 23.8 Å². The molecule has 7 nitrogen and oxygen atoms in total. The van der Waals surface area contributed by atoms with Crippen molar-refractivity contribution < 1.29 is 30.7 Å². The molecule has 2 heterocycles. The molecule has 2 aliphatic carbocycles. The van der Waals surface area contributed by atoms with E-state index in [1.807, 2.05) is 18.2 Å². The second-order valence-electron chi connectivity index (χ2n) is 12.0. The SMILES string of the molecule is COc1ccc(CN2C3(CN(CC(F)(F)F)S2(=O)=O)C2CCC3CC(/C=C/c3cc(-c4ccc(F)cc4)n(C)n3)=C(Cl)C2)cc1. The van der Waals surface area contributed by atoms with Gasteiger partial charge in [0.25, 0.3) is 10.2 Å². The van der Waals surface area contributed by atoms with E-state index in [0.29, 0.717) is 52.0 Å². The maximum atomic E-state index is 13.9. The van der Waals surface area contributed by atoms with Gasteiger partial charge >= 0.3 is 6.18 Å². The molecule has 13 heteroatoms. The summed E-state index contributed by atoms with van der Waals surface area (Å²) in [4.78, 5) is 0. The summed E-state index contributed by atoms with van der Waals surface area (Å²) in [6.07, 6.45) is 1.11. The minimum atomic E-state index is -4.69. The van der Waals surface area contributed by atoms with Crippen LogP contribution in [0.5, 0.6) is 5.75 Å². The van der Waals surface area contributed by atoms with E-state index in [4.69, 9.17) is 16.3 Å². The van der Waals surface area contributed by atoms with Crippen molar-refractivity contribution in [2.45, 2.75) is 43.9 Å². The average molecular weight is 665 g/mol. The molecule has 1 spiro atoms. The number of halogens is 5. The normalized spacial score (nSPS) is 25.5. The Bertz CT molecular complexity index is 1740. The van der Waals surface area contributed by atoms with Crippen molar-refractivity contribution >= 4 is 27.9 Å². The Morgan fingerprint density at radius 2 is 1.71 bits per heavy atom. The second-order valence-corrected chi connectivity index (χ2v) is 14.3. The summed E-state index contributed by atoms with van der Waals surface area (Å²) in [5, 5.41) is 5.13. The first kappa shape index (κ1) is 31.8. The molecular formula is C32H33ClF4N4O3S. The fraction of sp³-hybridized carbons (Fsp3) is 0.406. The molecule has 6 rings (SSSR count). The Hall–Kier alpha value is -3.19. The number of rotatable bonds is 7. The van der Waals surface area contributed by atoms with Crippen LogP contribution in [0, 0.1) is 17.7 Å². The summed E-state index contributed by atoms with van der Waals surface area (Å²) < 4.78 is 91.1. The molecule has 1 saturated heterocycles. The number of hydrogen-bond acceptors (Lipinski definition) is 4. The first-order valence-corrected chi connectivity index (χ1v) is 16.4. The summed E-state index contributed by atoms with van der Waals surface area (Å²) in [7, 11) is -1.13. The standard InChI is InChI=1S/C32H33ClF4N4O3S/c1-39-30(22-5-10-26(34)11-6-22)17-27(38-39)12-7-23-15-24-8-9-25(16-29(23)33)31(24)19-40(20-32(35,36)37)45(42,43)41(31)18-21-3-13-28(44-2)14-4-21/h3-7,10-14,17,24-25H,8-9,15-16,18-20H2,1-2H3/b12-7+. The van der Waals surface area contributed by atoms with E-state index in [9.17, 15) is 26.0 Å². The molecular weight excluding hydrogens is 632 g/mol. The van der Waals surface area contributed by atoms with Crippen molar-refractivity contribution in [3.63, 3.8) is 0 Å². The second kappa shape index (κ2) is 11.9. The van der Waals surface area contributed by atoms with Crippen LogP contribution in [0.4, 0.5) is 17.6 Å². The molecule has 45 heavy (non-hydrogen) atoms. The van der Waals surface area contributed by atoms with Gasteiger partial charge in [-0.3, -0.25) is 4.68 Å². The monoisotopic (exact) mass is 664 g/mol. The van der Waals surface area contributed by atoms with Gasteiger partial charge in [-0.25, -0.2) is 4.39 Å². The molecule has 2 bridgehead atoms. The average Bonchev–Trinajstić information content (AvgIpc) is 3.55. The van der Waals surface area contributed by atoms with Crippen LogP contribution < -0.4 is 4.74 Å². The van der Waals surface area contributed by atoms with Gasteiger partial charge in [0.15, 0.2) is 0 Å². The van der Waals surface area contributed by atoms with Gasteiger partial charge in [-0.2, -0.15) is 35.3 Å². The molecule has 0 amide bonds. The van der Waals surface area contributed by atoms with Crippen LogP contribution in [0.25, 0.3) is 17.3 Å². The predicted octanol–water partition coefficient (Wildman–Crippen LogP) is 6.92. The molecule has 1 aliphatic heterocycles. The Labute approximate surface area is 264 Å². The zero-order valence-corrected chi connectivity index (χ0v) is 26.3. The minimum Gasteiger partial charge on any atom is -0.497 e. The van der Waals surface area contributed by atoms with Crippen molar-refractivity contribution in [1.82, 2.24) is 18.4 Å². The lowest BCUT2D eigenvalue weighted by molar-refractivity contribution is -0.136. The van der Waals surface area contributed by atoms with E-state index in [-0.39, 0.29) is 30.7 Å². The Balaban J connectivity index is 1.32. The van der Waals surface area contributed by atoms with Crippen LogP contribution in [-0.4, -0.2) is 58.7 Å². The van der Waals surface area contributed by atoms with Gasteiger partial charge in [0, 0.05) is 25.2 Å². The van der Waals surface area contributed by atoms with E-state index in [0.717, 1.165) is 16.8 Å². The number of aromatic nitrogens is 2. The third-order valence-corrected chi connectivity index (χ3v) is 11.7. The Morgan fingerprint density at radius 3 is 2.36 bits per heavy atom. The molecule has 1 aromatic heterocycles. The van der Waals surface area contributed by atoms with Gasteiger partial charge in [0.05, 0.1) is 24.0 Å². The highest BCUT2D eigenvalue weighted by Gasteiger charge is 2.65. The molecule has 2 fully saturated rings. The molecule has 3 aromatic rings. The minimum absolute atomic E-state index is 0.0590. The third-order valence-electron chi connectivity index (χ3n) is 9.35. The van der Waals surface area contributed by atoms with Crippen LogP contribution in [0.15, 0.2) is 71.3 Å². The van der Waals surface area contributed by atoms with E-state index in [1.54, 1.807) is 48.1 Å². The topological polar surface area (TPSA) is 67.7 Å². The molecule has 1 saturated carbocycles. The summed E-state index contributed by atoms with van der Waals surface area (Å²) >= 11 is 6.90. The van der Waals surface area contributed by atoms with Crippen molar-refractivity contribution in [1.29, 1.82) is 0 Å². The number of nitrogens with zero attached hydrogens (tertiary/aromatic N) is 4. The molecule has 3 aliphatic rings. The van der Waals surface area contributed by atoms with Gasteiger partial charge in [0.1, 0.15) is 18.1 Å². The highest BCUT2D eigenvalue weighted by atomic mass is 35.5. The van der Waals surface area contributed by atoms with Crippen LogP contribution in [0.1, 0.15) is 36.9 Å². The fourth-order valence-corrected chi connectivity index (χ4v) is 9.63. The highest BCUT2D eigenvalue weighted by Crippen LogP contribution is 2.57. The summed E-state index contributed by atoms with van der Waals surface area (Å²) in [6.45, 7) is -1.85. The van der Waals surface area contributed by atoms with Gasteiger partial charge in [0.2, 0.25) is 0 Å². The van der Waals surface area contributed by atoms with Crippen molar-refractivity contribution in [2.75, 3.05) is 20.2 Å². The zero-order valence-electron chi connectivity index (χ0n) is 24.8. The molecule has 3 atom stereocenters.